The van der Waals surface area contributed by atoms with Crippen LogP contribution in [0.15, 0.2) is 36.4 Å². The lowest BCUT2D eigenvalue weighted by molar-refractivity contribution is -0.134. The van der Waals surface area contributed by atoms with Gasteiger partial charge in [0.05, 0.1) is 12.2 Å². The molecule has 0 atom stereocenters. The van der Waals surface area contributed by atoms with Crippen molar-refractivity contribution in [3.05, 3.63) is 42.0 Å². The lowest BCUT2D eigenvalue weighted by Gasteiger charge is -2.12. The van der Waals surface area contributed by atoms with Crippen LogP contribution in [0.4, 0.5) is 0 Å². The monoisotopic (exact) mass is 352 g/mol. The van der Waals surface area contributed by atoms with Crippen LogP contribution in [0.5, 0.6) is 5.75 Å². The maximum Gasteiger partial charge on any atom is 0.338 e. The Kier molecular flexibility index (Phi) is 10.0. The van der Waals surface area contributed by atoms with Crippen LogP contribution in [0.1, 0.15) is 49.4 Å². The molecular weight excluding hydrogens is 328 g/mol. The summed E-state index contributed by atoms with van der Waals surface area (Å²) in [5.74, 6) is 4.47. The van der Waals surface area contributed by atoms with E-state index in [1.807, 2.05) is 19.1 Å². The molecule has 0 radical (unpaired) electrons. The normalized spacial score (nSPS) is 10.3. The third-order valence-electron chi connectivity index (χ3n) is 3.55. The number of rotatable bonds is 10. The molecule has 4 nitrogen and oxygen atoms in total. The fourth-order valence-corrected chi connectivity index (χ4v) is 2.20. The van der Waals surface area contributed by atoms with Crippen LogP contribution in [0, 0.1) is 30.6 Å². The summed E-state index contributed by atoms with van der Waals surface area (Å²) < 4.78 is 10.5. The summed E-state index contributed by atoms with van der Waals surface area (Å²) in [6.45, 7) is 2.09. The largest absolute Gasteiger partial charge is 0.462 e. The zero-order chi connectivity index (χ0) is 19.2. The first-order valence-corrected chi connectivity index (χ1v) is 8.56. The van der Waals surface area contributed by atoms with E-state index in [1.165, 1.54) is 6.07 Å². The van der Waals surface area contributed by atoms with Gasteiger partial charge in [0.15, 0.2) is 0 Å². The SMILES string of the molecule is C#CCC(CC#C)COC(=O)c1cccc(OC(=O)CCC/C=C\C)c1. The van der Waals surface area contributed by atoms with Crippen molar-refractivity contribution in [1.82, 2.24) is 0 Å². The Bertz CT molecular complexity index is 688. The fourth-order valence-electron chi connectivity index (χ4n) is 2.20. The summed E-state index contributed by atoms with van der Waals surface area (Å²) in [6, 6.07) is 6.35. The van der Waals surface area contributed by atoms with Crippen LogP contribution in [0.2, 0.25) is 0 Å². The summed E-state index contributed by atoms with van der Waals surface area (Å²) in [4.78, 5) is 24.0. The van der Waals surface area contributed by atoms with Gasteiger partial charge in [0, 0.05) is 25.2 Å². The fraction of sp³-hybridized carbons (Fsp3) is 0.364. The van der Waals surface area contributed by atoms with Crippen LogP contribution in [-0.4, -0.2) is 18.5 Å². The van der Waals surface area contributed by atoms with Gasteiger partial charge in [-0.25, -0.2) is 4.79 Å². The van der Waals surface area contributed by atoms with Gasteiger partial charge in [-0.2, -0.15) is 0 Å². The van der Waals surface area contributed by atoms with E-state index in [1.54, 1.807) is 18.2 Å². The number of hydrogen-bond acceptors (Lipinski definition) is 4. The highest BCUT2D eigenvalue weighted by molar-refractivity contribution is 5.90. The van der Waals surface area contributed by atoms with E-state index < -0.39 is 5.97 Å². The number of ether oxygens (including phenoxy) is 2. The van der Waals surface area contributed by atoms with Crippen molar-refractivity contribution >= 4 is 11.9 Å². The number of esters is 2. The van der Waals surface area contributed by atoms with Gasteiger partial charge in [0.1, 0.15) is 5.75 Å². The Morgan fingerprint density at radius 1 is 1.23 bits per heavy atom. The predicted molar refractivity (Wildman–Crippen MR) is 101 cm³/mol. The van der Waals surface area contributed by atoms with Crippen LogP contribution in [-0.2, 0) is 9.53 Å². The van der Waals surface area contributed by atoms with Crippen LogP contribution in [0.3, 0.4) is 0 Å². The van der Waals surface area contributed by atoms with Crippen molar-refractivity contribution < 1.29 is 19.1 Å². The number of allylic oxidation sites excluding steroid dienone is 2. The van der Waals surface area contributed by atoms with Gasteiger partial charge < -0.3 is 9.47 Å². The second kappa shape index (κ2) is 12.4. The average molecular weight is 352 g/mol. The van der Waals surface area contributed by atoms with E-state index in [4.69, 9.17) is 22.3 Å². The molecule has 0 aliphatic heterocycles. The molecule has 0 fully saturated rings. The first-order valence-electron chi connectivity index (χ1n) is 8.56. The quantitative estimate of drug-likeness (QED) is 0.209. The van der Waals surface area contributed by atoms with Crippen LogP contribution < -0.4 is 4.74 Å². The number of carbonyl (C=O) groups excluding carboxylic acids is 2. The van der Waals surface area contributed by atoms with Crippen molar-refractivity contribution in [3.63, 3.8) is 0 Å². The maximum atomic E-state index is 12.2. The molecule has 136 valence electrons. The maximum absolute atomic E-state index is 12.2. The summed E-state index contributed by atoms with van der Waals surface area (Å²) in [5, 5.41) is 0. The average Bonchev–Trinajstić information content (AvgIpc) is 2.63. The first-order chi connectivity index (χ1) is 12.6. The van der Waals surface area contributed by atoms with Crippen molar-refractivity contribution in [2.24, 2.45) is 5.92 Å². The summed E-state index contributed by atoms with van der Waals surface area (Å²) in [5.41, 5.74) is 0.310. The second-order valence-electron chi connectivity index (χ2n) is 5.74. The minimum absolute atomic E-state index is 0.0628. The molecule has 0 unspecified atom stereocenters. The van der Waals surface area contributed by atoms with Crippen LogP contribution >= 0.6 is 0 Å². The molecule has 0 aromatic heterocycles. The molecule has 0 aliphatic rings. The van der Waals surface area contributed by atoms with E-state index >= 15 is 0 Å². The number of unbranched alkanes of at least 4 members (excludes halogenated alkanes) is 1. The Morgan fingerprint density at radius 2 is 1.96 bits per heavy atom. The molecule has 1 aromatic rings. The highest BCUT2D eigenvalue weighted by Gasteiger charge is 2.13. The van der Waals surface area contributed by atoms with Crippen molar-refractivity contribution in [3.8, 4) is 30.4 Å². The van der Waals surface area contributed by atoms with Gasteiger partial charge >= 0.3 is 11.9 Å². The molecular formula is C22H24O4. The lowest BCUT2D eigenvalue weighted by atomic mass is 10.0. The Morgan fingerprint density at radius 3 is 2.62 bits per heavy atom. The molecule has 0 saturated carbocycles. The van der Waals surface area contributed by atoms with E-state index in [-0.39, 0.29) is 18.5 Å². The topological polar surface area (TPSA) is 52.6 Å². The third-order valence-corrected chi connectivity index (χ3v) is 3.55. The summed E-state index contributed by atoms with van der Waals surface area (Å²) in [7, 11) is 0. The molecule has 0 aliphatic carbocycles. The molecule has 0 N–H and O–H groups in total. The minimum atomic E-state index is -0.505. The highest BCUT2D eigenvalue weighted by atomic mass is 16.5. The summed E-state index contributed by atoms with van der Waals surface area (Å²) >= 11 is 0. The number of hydrogen-bond donors (Lipinski definition) is 0. The van der Waals surface area contributed by atoms with Crippen LogP contribution in [0.25, 0.3) is 0 Å². The van der Waals surface area contributed by atoms with Gasteiger partial charge in [0.2, 0.25) is 0 Å². The third kappa shape index (κ3) is 8.22. The molecule has 1 aromatic carbocycles. The molecule has 0 heterocycles. The van der Waals surface area contributed by atoms with Crippen molar-refractivity contribution in [1.29, 1.82) is 0 Å². The van der Waals surface area contributed by atoms with Gasteiger partial charge in [-0.3, -0.25) is 4.79 Å². The number of benzene rings is 1. The molecule has 0 amide bonds. The molecule has 0 spiro atoms. The molecule has 0 saturated heterocycles. The predicted octanol–water partition coefficient (Wildman–Crippen LogP) is 4.16. The van der Waals surface area contributed by atoms with Gasteiger partial charge in [-0.05, 0) is 38.0 Å². The standard InChI is InChI=1S/C22H24O4/c1-4-7-8-9-15-21(23)26-20-14-10-13-19(16-20)22(24)25-17-18(11-5-2)12-6-3/h2-4,7,10,13-14,16,18H,8-9,11-12,15,17H2,1H3/b7-4-. The number of carbonyl (C=O) groups is 2. The lowest BCUT2D eigenvalue weighted by Crippen LogP contribution is -2.14. The first kappa shape index (κ1) is 21.1. The van der Waals surface area contributed by atoms with Gasteiger partial charge in [0.25, 0.3) is 0 Å². The van der Waals surface area contributed by atoms with E-state index in [0.717, 1.165) is 12.8 Å². The second-order valence-corrected chi connectivity index (χ2v) is 5.74. The molecule has 4 heteroatoms. The van der Waals surface area contributed by atoms with Crippen molar-refractivity contribution in [2.45, 2.75) is 39.0 Å². The smallest absolute Gasteiger partial charge is 0.338 e. The Labute approximate surface area is 155 Å². The van der Waals surface area contributed by atoms with Crippen molar-refractivity contribution in [2.75, 3.05) is 6.61 Å². The minimum Gasteiger partial charge on any atom is -0.462 e. The summed E-state index contributed by atoms with van der Waals surface area (Å²) in [6.07, 6.45) is 17.3. The van der Waals surface area contributed by atoms with E-state index in [9.17, 15) is 9.59 Å². The van der Waals surface area contributed by atoms with Gasteiger partial charge in [-0.15, -0.1) is 24.7 Å². The molecule has 0 bridgehead atoms. The molecule has 26 heavy (non-hydrogen) atoms. The van der Waals surface area contributed by atoms with Gasteiger partial charge in [-0.1, -0.05) is 18.2 Å². The van der Waals surface area contributed by atoms with E-state index in [2.05, 4.69) is 11.8 Å². The zero-order valence-electron chi connectivity index (χ0n) is 15.1. The molecule has 1 rings (SSSR count). The Balaban J connectivity index is 2.57. The number of terminal acetylenes is 2. The van der Waals surface area contributed by atoms with E-state index in [0.29, 0.717) is 30.6 Å². The zero-order valence-corrected chi connectivity index (χ0v) is 15.1. The Hall–Kier alpha value is -2.98. The highest BCUT2D eigenvalue weighted by Crippen LogP contribution is 2.16.